The molecule has 1 N–H and O–H groups in total. The lowest BCUT2D eigenvalue weighted by molar-refractivity contribution is 0.0826. The first-order valence-electron chi connectivity index (χ1n) is 12.5. The highest BCUT2D eigenvalue weighted by atomic mass is 16.5. The van der Waals surface area contributed by atoms with Crippen molar-refractivity contribution in [2.45, 2.75) is 18.9 Å². The zero-order valence-corrected chi connectivity index (χ0v) is 22.3. The van der Waals surface area contributed by atoms with Gasteiger partial charge in [0.1, 0.15) is 28.8 Å². The van der Waals surface area contributed by atoms with Gasteiger partial charge in [0.2, 0.25) is 0 Å². The Morgan fingerprint density at radius 3 is 2.54 bits per heavy atom. The Labute approximate surface area is 226 Å². The first kappa shape index (κ1) is 26.0. The van der Waals surface area contributed by atoms with Crippen LogP contribution in [0.4, 0.5) is 5.69 Å². The summed E-state index contributed by atoms with van der Waals surface area (Å²) in [6.07, 6.45) is 4.90. The Balaban J connectivity index is 1.57. The maximum absolute atomic E-state index is 12.4. The minimum Gasteiger partial charge on any atom is -0.494 e. The number of furan rings is 1. The van der Waals surface area contributed by atoms with Gasteiger partial charge in [-0.25, -0.2) is 9.97 Å². The van der Waals surface area contributed by atoms with Crippen LogP contribution in [0.3, 0.4) is 0 Å². The molecule has 0 spiro atoms. The van der Waals surface area contributed by atoms with Crippen molar-refractivity contribution in [3.8, 4) is 40.1 Å². The minimum absolute atomic E-state index is 0.186. The molecular formula is C29H29N5O5. The summed E-state index contributed by atoms with van der Waals surface area (Å²) in [4.78, 5) is 22.9. The molecule has 10 heteroatoms. The van der Waals surface area contributed by atoms with Gasteiger partial charge in [0.05, 0.1) is 42.8 Å². The van der Waals surface area contributed by atoms with Gasteiger partial charge in [-0.15, -0.1) is 0 Å². The molecule has 39 heavy (non-hydrogen) atoms. The van der Waals surface area contributed by atoms with Crippen LogP contribution in [-0.4, -0.2) is 68.3 Å². The van der Waals surface area contributed by atoms with Gasteiger partial charge in [0.15, 0.2) is 11.3 Å². The van der Waals surface area contributed by atoms with Gasteiger partial charge < -0.3 is 28.8 Å². The highest BCUT2D eigenvalue weighted by Gasteiger charge is 2.22. The third-order valence-corrected chi connectivity index (χ3v) is 6.70. The van der Waals surface area contributed by atoms with Crippen LogP contribution in [0.5, 0.6) is 11.5 Å². The molecular weight excluding hydrogens is 498 g/mol. The molecule has 0 saturated carbocycles. The van der Waals surface area contributed by atoms with Crippen molar-refractivity contribution in [2.24, 2.45) is 0 Å². The molecule has 0 radical (unpaired) electrons. The summed E-state index contributed by atoms with van der Waals surface area (Å²) in [5, 5.41) is 13.4. The highest BCUT2D eigenvalue weighted by molar-refractivity contribution is 5.97. The third kappa shape index (κ3) is 5.09. The quantitative estimate of drug-likeness (QED) is 0.363. The predicted molar refractivity (Wildman–Crippen MR) is 146 cm³/mol. The van der Waals surface area contributed by atoms with Crippen LogP contribution >= 0.6 is 0 Å². The number of ether oxygens (including phenoxy) is 3. The molecule has 1 aliphatic rings. The number of fused-ring (bicyclic) bond motifs is 1. The van der Waals surface area contributed by atoms with E-state index in [2.05, 4.69) is 21.4 Å². The van der Waals surface area contributed by atoms with E-state index >= 15 is 0 Å². The highest BCUT2D eigenvalue weighted by Crippen LogP contribution is 2.41. The fourth-order valence-corrected chi connectivity index (χ4v) is 4.65. The maximum Gasteiger partial charge on any atom is 0.255 e. The second-order valence-electron chi connectivity index (χ2n) is 9.40. The average Bonchev–Trinajstić information content (AvgIpc) is 3.40. The number of rotatable bonds is 7. The molecule has 1 fully saturated rings. The lowest BCUT2D eigenvalue weighted by Gasteiger charge is -2.24. The number of pyridine rings is 2. The fourth-order valence-electron chi connectivity index (χ4n) is 4.65. The van der Waals surface area contributed by atoms with E-state index in [1.807, 2.05) is 18.2 Å². The summed E-state index contributed by atoms with van der Waals surface area (Å²) < 4.78 is 22.9. The lowest BCUT2D eigenvalue weighted by Crippen LogP contribution is -2.28. The molecule has 1 amide bonds. The van der Waals surface area contributed by atoms with Crippen LogP contribution in [-0.2, 0) is 4.74 Å². The van der Waals surface area contributed by atoms with Crippen molar-refractivity contribution in [1.82, 2.24) is 14.9 Å². The van der Waals surface area contributed by atoms with Crippen molar-refractivity contribution in [2.75, 3.05) is 46.8 Å². The second kappa shape index (κ2) is 11.0. The van der Waals surface area contributed by atoms with Gasteiger partial charge >= 0.3 is 0 Å². The number of carbonyl (C=O) groups excluding carboxylic acids is 1. The number of nitrogens with one attached hydrogen (secondary N) is 1. The lowest BCUT2D eigenvalue weighted by atomic mass is 10.0. The number of methoxy groups -OCH3 is 2. The molecule has 1 saturated heterocycles. The van der Waals surface area contributed by atoms with Crippen molar-refractivity contribution in [3.05, 3.63) is 53.9 Å². The first-order valence-corrected chi connectivity index (χ1v) is 12.5. The van der Waals surface area contributed by atoms with Gasteiger partial charge in [0.25, 0.3) is 5.91 Å². The van der Waals surface area contributed by atoms with Gasteiger partial charge in [-0.3, -0.25) is 4.79 Å². The van der Waals surface area contributed by atoms with Gasteiger partial charge in [-0.2, -0.15) is 5.26 Å². The number of amides is 1. The van der Waals surface area contributed by atoms with E-state index in [1.54, 1.807) is 39.5 Å². The van der Waals surface area contributed by atoms with Gasteiger partial charge in [0, 0.05) is 45.6 Å². The van der Waals surface area contributed by atoms with E-state index in [-0.39, 0.29) is 11.9 Å². The zero-order chi connectivity index (χ0) is 27.5. The number of nitrogens with zero attached hydrogens (tertiary/aromatic N) is 4. The summed E-state index contributed by atoms with van der Waals surface area (Å²) in [6.45, 7) is 1.41. The van der Waals surface area contributed by atoms with Crippen LogP contribution in [0.1, 0.15) is 28.8 Å². The molecule has 4 aromatic rings. The van der Waals surface area contributed by atoms with Crippen molar-refractivity contribution in [1.29, 1.82) is 5.26 Å². The Morgan fingerprint density at radius 2 is 1.85 bits per heavy atom. The normalized spacial score (nSPS) is 13.6. The van der Waals surface area contributed by atoms with E-state index in [1.165, 1.54) is 18.2 Å². The van der Waals surface area contributed by atoms with E-state index in [4.69, 9.17) is 18.6 Å². The van der Waals surface area contributed by atoms with E-state index in [0.717, 1.165) is 24.1 Å². The maximum atomic E-state index is 12.4. The minimum atomic E-state index is -0.186. The molecule has 0 atom stereocenters. The standard InChI is InChI=1S/C29H29N5O5/c1-34(2)29(35)19-12-23(36-3)27(32-15-19)24-13-22-28(39-24)26(25(37-4)16-31-22)17-5-6-21(18(11-17)14-30)33-20-7-9-38-10-8-20/h5-6,11-13,15-16,20,33H,7-10H2,1-4H3. The fraction of sp³-hybridized carbons (Fsp3) is 0.310. The monoisotopic (exact) mass is 527 g/mol. The van der Waals surface area contributed by atoms with Crippen LogP contribution in [0.15, 0.2) is 47.1 Å². The van der Waals surface area contributed by atoms with Crippen LogP contribution in [0, 0.1) is 11.3 Å². The number of hydrogen-bond donors (Lipinski definition) is 1. The number of aromatic nitrogens is 2. The van der Waals surface area contributed by atoms with E-state index < -0.39 is 0 Å². The van der Waals surface area contributed by atoms with Crippen LogP contribution in [0.25, 0.3) is 33.7 Å². The number of nitriles is 1. The van der Waals surface area contributed by atoms with Crippen molar-refractivity contribution in [3.63, 3.8) is 0 Å². The molecule has 200 valence electrons. The van der Waals surface area contributed by atoms with E-state index in [0.29, 0.717) is 64.0 Å². The number of carbonyl (C=O) groups is 1. The molecule has 10 nitrogen and oxygen atoms in total. The molecule has 1 aromatic carbocycles. The van der Waals surface area contributed by atoms with Gasteiger partial charge in [-0.1, -0.05) is 6.07 Å². The molecule has 0 unspecified atom stereocenters. The molecule has 3 aromatic heterocycles. The summed E-state index contributed by atoms with van der Waals surface area (Å²) in [5.41, 5.74) is 4.61. The number of benzene rings is 1. The van der Waals surface area contributed by atoms with Crippen molar-refractivity contribution >= 4 is 22.7 Å². The third-order valence-electron chi connectivity index (χ3n) is 6.70. The Bertz CT molecular complexity index is 1570. The predicted octanol–water partition coefficient (Wildman–Crippen LogP) is 4.74. The average molecular weight is 528 g/mol. The summed E-state index contributed by atoms with van der Waals surface area (Å²) in [7, 11) is 6.42. The Hall–Kier alpha value is -4.62. The summed E-state index contributed by atoms with van der Waals surface area (Å²) in [5.74, 6) is 1.13. The number of anilines is 1. The Kier molecular flexibility index (Phi) is 7.34. The van der Waals surface area contributed by atoms with E-state index in [9.17, 15) is 10.1 Å². The second-order valence-corrected chi connectivity index (χ2v) is 9.40. The molecule has 1 aliphatic heterocycles. The molecule has 0 bridgehead atoms. The summed E-state index contributed by atoms with van der Waals surface area (Å²) in [6, 6.07) is 11.6. The summed E-state index contributed by atoms with van der Waals surface area (Å²) >= 11 is 0. The SMILES string of the molecule is COc1cc(C(=O)N(C)C)cnc1-c1cc2ncc(OC)c(-c3ccc(NC4CCOCC4)c(C#N)c3)c2o1. The van der Waals surface area contributed by atoms with Crippen LogP contribution in [0.2, 0.25) is 0 Å². The number of hydrogen-bond acceptors (Lipinski definition) is 9. The molecule has 0 aliphatic carbocycles. The molecule has 4 heterocycles. The smallest absolute Gasteiger partial charge is 0.255 e. The molecule has 5 rings (SSSR count). The largest absolute Gasteiger partial charge is 0.494 e. The van der Waals surface area contributed by atoms with Crippen LogP contribution < -0.4 is 14.8 Å². The van der Waals surface area contributed by atoms with Crippen molar-refractivity contribution < 1.29 is 23.4 Å². The van der Waals surface area contributed by atoms with Gasteiger partial charge in [-0.05, 0) is 36.6 Å². The first-order chi connectivity index (χ1) is 18.9. The zero-order valence-electron chi connectivity index (χ0n) is 22.3. The Morgan fingerprint density at radius 1 is 1.08 bits per heavy atom. The topological polar surface area (TPSA) is 123 Å².